The molecule has 2 aliphatic heterocycles. The van der Waals surface area contributed by atoms with Crippen molar-refractivity contribution in [3.8, 4) is 0 Å². The van der Waals surface area contributed by atoms with Gasteiger partial charge in [0.15, 0.2) is 0 Å². The first kappa shape index (κ1) is 16.8. The van der Waals surface area contributed by atoms with E-state index in [0.717, 1.165) is 70.0 Å². The Balaban J connectivity index is 1.62. The van der Waals surface area contributed by atoms with Crippen LogP contribution in [0.2, 0.25) is 0 Å². The second-order valence-corrected chi connectivity index (χ2v) is 6.75. The van der Waals surface area contributed by atoms with E-state index < -0.39 is 0 Å². The molecule has 1 atom stereocenters. The highest BCUT2D eigenvalue weighted by atomic mass is 16.5. The number of rotatable bonds is 5. The molecule has 0 amide bonds. The molecule has 5 heteroatoms. The average Bonchev–Trinajstić information content (AvgIpc) is 2.57. The van der Waals surface area contributed by atoms with Crippen LogP contribution in [0, 0.1) is 6.92 Å². The minimum absolute atomic E-state index is 0.254. The van der Waals surface area contributed by atoms with Gasteiger partial charge in [-0.25, -0.2) is 0 Å². The topological polar surface area (TPSA) is 48.8 Å². The van der Waals surface area contributed by atoms with Crippen molar-refractivity contribution < 1.29 is 9.84 Å². The zero-order chi connectivity index (χ0) is 16.1. The highest BCUT2D eigenvalue weighted by molar-refractivity contribution is 5.10. The third-order valence-corrected chi connectivity index (χ3v) is 5.12. The molecule has 128 valence electrons. The molecule has 1 N–H and O–H groups in total. The van der Waals surface area contributed by atoms with Gasteiger partial charge in [0, 0.05) is 63.8 Å². The Morgan fingerprint density at radius 3 is 2.83 bits per heavy atom. The van der Waals surface area contributed by atoms with E-state index in [9.17, 15) is 5.11 Å². The van der Waals surface area contributed by atoms with Gasteiger partial charge in [0.05, 0.1) is 5.69 Å². The largest absolute Gasteiger partial charge is 0.396 e. The molecule has 3 heterocycles. The maximum atomic E-state index is 9.46. The van der Waals surface area contributed by atoms with Gasteiger partial charge in [-0.1, -0.05) is 6.07 Å². The number of aliphatic hydroxyl groups excluding tert-OH is 1. The molecule has 0 aliphatic carbocycles. The minimum Gasteiger partial charge on any atom is -0.396 e. The number of ether oxygens (including phenoxy) is 1. The number of aryl methyl sites for hydroxylation is 1. The SMILES string of the molecule is Cc1cccc(CN2CCN(C3CCOCC3)CC2CCO)n1. The lowest BCUT2D eigenvalue weighted by molar-refractivity contribution is -0.0119. The van der Waals surface area contributed by atoms with Crippen molar-refractivity contribution in [2.45, 2.75) is 44.8 Å². The molecule has 0 spiro atoms. The summed E-state index contributed by atoms with van der Waals surface area (Å²) in [6.07, 6.45) is 3.13. The summed E-state index contributed by atoms with van der Waals surface area (Å²) in [6, 6.07) is 7.30. The zero-order valence-electron chi connectivity index (χ0n) is 14.2. The van der Waals surface area contributed by atoms with Crippen LogP contribution in [0.25, 0.3) is 0 Å². The van der Waals surface area contributed by atoms with Crippen molar-refractivity contribution in [1.29, 1.82) is 0 Å². The highest BCUT2D eigenvalue weighted by Crippen LogP contribution is 2.22. The van der Waals surface area contributed by atoms with Gasteiger partial charge < -0.3 is 9.84 Å². The number of hydrogen-bond donors (Lipinski definition) is 1. The van der Waals surface area contributed by atoms with Gasteiger partial charge in [-0.05, 0) is 38.3 Å². The third-order valence-electron chi connectivity index (χ3n) is 5.12. The molecular weight excluding hydrogens is 290 g/mol. The molecule has 0 bridgehead atoms. The number of piperazine rings is 1. The molecule has 1 aromatic rings. The van der Waals surface area contributed by atoms with Crippen molar-refractivity contribution in [1.82, 2.24) is 14.8 Å². The second-order valence-electron chi connectivity index (χ2n) is 6.75. The standard InChI is InChI=1S/C18H29N3O2/c1-15-3-2-4-16(19-15)13-20-8-9-21(14-18(20)5-10-22)17-6-11-23-12-7-17/h2-4,17-18,22H,5-14H2,1H3. The lowest BCUT2D eigenvalue weighted by atomic mass is 10.0. The van der Waals surface area contributed by atoms with E-state index in [2.05, 4.69) is 26.9 Å². The summed E-state index contributed by atoms with van der Waals surface area (Å²) in [5.74, 6) is 0. The van der Waals surface area contributed by atoms with Crippen LogP contribution in [-0.4, -0.2) is 71.4 Å². The molecule has 23 heavy (non-hydrogen) atoms. The van der Waals surface area contributed by atoms with Gasteiger partial charge in [-0.15, -0.1) is 0 Å². The Morgan fingerprint density at radius 2 is 2.09 bits per heavy atom. The van der Waals surface area contributed by atoms with Crippen LogP contribution < -0.4 is 0 Å². The van der Waals surface area contributed by atoms with Gasteiger partial charge in [-0.3, -0.25) is 14.8 Å². The molecular formula is C18H29N3O2. The fraction of sp³-hybridized carbons (Fsp3) is 0.722. The number of hydrogen-bond acceptors (Lipinski definition) is 5. The molecule has 1 aromatic heterocycles. The minimum atomic E-state index is 0.254. The number of aromatic nitrogens is 1. The molecule has 0 aromatic carbocycles. The molecule has 2 fully saturated rings. The van der Waals surface area contributed by atoms with Crippen molar-refractivity contribution >= 4 is 0 Å². The summed E-state index contributed by atoms with van der Waals surface area (Å²) in [6.45, 7) is 8.18. The number of aliphatic hydroxyl groups is 1. The molecule has 0 saturated carbocycles. The Morgan fingerprint density at radius 1 is 1.26 bits per heavy atom. The van der Waals surface area contributed by atoms with Crippen molar-refractivity contribution in [2.24, 2.45) is 0 Å². The van der Waals surface area contributed by atoms with Crippen LogP contribution in [0.4, 0.5) is 0 Å². The van der Waals surface area contributed by atoms with E-state index in [0.29, 0.717) is 12.1 Å². The van der Waals surface area contributed by atoms with E-state index >= 15 is 0 Å². The predicted molar refractivity (Wildman–Crippen MR) is 90.3 cm³/mol. The number of pyridine rings is 1. The highest BCUT2D eigenvalue weighted by Gasteiger charge is 2.31. The van der Waals surface area contributed by atoms with Crippen LogP contribution in [0.15, 0.2) is 18.2 Å². The van der Waals surface area contributed by atoms with Crippen molar-refractivity contribution in [3.05, 3.63) is 29.6 Å². The van der Waals surface area contributed by atoms with E-state index in [1.165, 1.54) is 0 Å². The lowest BCUT2D eigenvalue weighted by Gasteiger charge is -2.45. The van der Waals surface area contributed by atoms with Gasteiger partial charge in [-0.2, -0.15) is 0 Å². The zero-order valence-corrected chi connectivity index (χ0v) is 14.2. The second kappa shape index (κ2) is 8.20. The fourth-order valence-corrected chi connectivity index (χ4v) is 3.83. The summed E-state index contributed by atoms with van der Waals surface area (Å²) in [5.41, 5.74) is 2.20. The Hall–Kier alpha value is -1.01. The first-order chi connectivity index (χ1) is 11.3. The lowest BCUT2D eigenvalue weighted by Crippen LogP contribution is -2.56. The van der Waals surface area contributed by atoms with Crippen molar-refractivity contribution in [2.75, 3.05) is 39.5 Å². The Labute approximate surface area is 139 Å². The summed E-state index contributed by atoms with van der Waals surface area (Å²) in [7, 11) is 0. The normalized spacial score (nSPS) is 24.9. The fourth-order valence-electron chi connectivity index (χ4n) is 3.83. The summed E-state index contributed by atoms with van der Waals surface area (Å²) >= 11 is 0. The van der Waals surface area contributed by atoms with E-state index in [1.807, 2.05) is 13.0 Å². The van der Waals surface area contributed by atoms with Gasteiger partial charge >= 0.3 is 0 Å². The molecule has 0 radical (unpaired) electrons. The molecule has 2 aliphatic rings. The first-order valence-corrected chi connectivity index (χ1v) is 8.85. The molecule has 2 saturated heterocycles. The monoisotopic (exact) mass is 319 g/mol. The maximum absolute atomic E-state index is 9.46. The first-order valence-electron chi connectivity index (χ1n) is 8.85. The molecule has 1 unspecified atom stereocenters. The van der Waals surface area contributed by atoms with E-state index in [4.69, 9.17) is 4.74 Å². The maximum Gasteiger partial charge on any atom is 0.0547 e. The smallest absolute Gasteiger partial charge is 0.0547 e. The van der Waals surface area contributed by atoms with Crippen LogP contribution in [0.1, 0.15) is 30.7 Å². The Kier molecular flexibility index (Phi) is 6.00. The van der Waals surface area contributed by atoms with Crippen molar-refractivity contribution in [3.63, 3.8) is 0 Å². The third kappa shape index (κ3) is 4.51. The average molecular weight is 319 g/mol. The Bertz CT molecular complexity index is 491. The molecule has 3 rings (SSSR count). The van der Waals surface area contributed by atoms with Crippen LogP contribution in [0.5, 0.6) is 0 Å². The summed E-state index contributed by atoms with van der Waals surface area (Å²) in [5, 5.41) is 9.46. The quantitative estimate of drug-likeness (QED) is 0.890. The van der Waals surface area contributed by atoms with E-state index in [-0.39, 0.29) is 6.61 Å². The summed E-state index contributed by atoms with van der Waals surface area (Å²) < 4.78 is 5.49. The predicted octanol–water partition coefficient (Wildman–Crippen LogP) is 1.44. The van der Waals surface area contributed by atoms with Crippen LogP contribution in [0.3, 0.4) is 0 Å². The van der Waals surface area contributed by atoms with E-state index in [1.54, 1.807) is 0 Å². The van der Waals surface area contributed by atoms with Crippen LogP contribution in [-0.2, 0) is 11.3 Å². The summed E-state index contributed by atoms with van der Waals surface area (Å²) in [4.78, 5) is 9.74. The number of nitrogens with zero attached hydrogens (tertiary/aromatic N) is 3. The van der Waals surface area contributed by atoms with Gasteiger partial charge in [0.25, 0.3) is 0 Å². The molecule has 5 nitrogen and oxygen atoms in total. The van der Waals surface area contributed by atoms with Gasteiger partial charge in [0.1, 0.15) is 0 Å². The van der Waals surface area contributed by atoms with Gasteiger partial charge in [0.2, 0.25) is 0 Å². The van der Waals surface area contributed by atoms with Crippen LogP contribution >= 0.6 is 0 Å².